The van der Waals surface area contributed by atoms with Crippen molar-refractivity contribution < 1.29 is 24.2 Å². The number of nitrogens with one attached hydrogen (secondary N) is 1. The molecule has 1 saturated heterocycles. The Morgan fingerprint density at radius 2 is 2.21 bits per heavy atom. The lowest BCUT2D eigenvalue weighted by Crippen LogP contribution is -2.36. The van der Waals surface area contributed by atoms with Gasteiger partial charge in [0, 0.05) is 31.3 Å². The van der Waals surface area contributed by atoms with Crippen LogP contribution in [-0.2, 0) is 14.3 Å². The van der Waals surface area contributed by atoms with Gasteiger partial charge in [0.2, 0.25) is 5.91 Å². The van der Waals surface area contributed by atoms with E-state index in [1.807, 2.05) is 13.0 Å². The van der Waals surface area contributed by atoms with E-state index < -0.39 is 11.9 Å². The van der Waals surface area contributed by atoms with Crippen LogP contribution in [0.2, 0.25) is 0 Å². The molecular weight excluding hydrogens is 394 g/mol. The molecule has 0 aromatic heterocycles. The van der Waals surface area contributed by atoms with E-state index in [-0.39, 0.29) is 35.3 Å². The standard InChI is InChI=1S/C20H27N3O5S/c1-4-23-18(10-13(12-21)20(26)28-5-2)29-17(19(23)25)8-9-22-14-6-7-16(27-3)15(24)11-14/h6-7,11,13,17-18,22,24H,4-5,8-10H2,1-3H3. The Labute approximate surface area is 175 Å². The van der Waals surface area contributed by atoms with Crippen LogP contribution in [0.5, 0.6) is 11.5 Å². The number of hydrogen-bond donors (Lipinski definition) is 2. The minimum Gasteiger partial charge on any atom is -0.504 e. The first kappa shape index (κ1) is 22.7. The molecule has 0 radical (unpaired) electrons. The van der Waals surface area contributed by atoms with E-state index in [2.05, 4.69) is 5.32 Å². The van der Waals surface area contributed by atoms with Gasteiger partial charge in [-0.1, -0.05) is 0 Å². The highest BCUT2D eigenvalue weighted by Crippen LogP contribution is 2.37. The summed E-state index contributed by atoms with van der Waals surface area (Å²) in [6.07, 6.45) is 0.843. The molecule has 9 heteroatoms. The maximum Gasteiger partial charge on any atom is 0.323 e. The van der Waals surface area contributed by atoms with Gasteiger partial charge in [0.1, 0.15) is 5.92 Å². The van der Waals surface area contributed by atoms with Crippen LogP contribution in [0.25, 0.3) is 0 Å². The molecule has 0 saturated carbocycles. The fraction of sp³-hybridized carbons (Fsp3) is 0.550. The Hall–Kier alpha value is -2.60. The lowest BCUT2D eigenvalue weighted by molar-refractivity contribution is -0.146. The van der Waals surface area contributed by atoms with Crippen molar-refractivity contribution in [2.75, 3.05) is 32.1 Å². The SMILES string of the molecule is CCOC(=O)C(C#N)CC1SC(CCNc2ccc(OC)c(O)c2)C(=O)N1CC. The topological polar surface area (TPSA) is 112 Å². The number of benzene rings is 1. The second-order valence-corrected chi connectivity index (χ2v) is 7.86. The lowest BCUT2D eigenvalue weighted by atomic mass is 10.1. The summed E-state index contributed by atoms with van der Waals surface area (Å²) in [7, 11) is 1.49. The summed E-state index contributed by atoms with van der Waals surface area (Å²) in [4.78, 5) is 26.4. The number of rotatable bonds is 10. The Morgan fingerprint density at radius 1 is 1.45 bits per heavy atom. The smallest absolute Gasteiger partial charge is 0.323 e. The number of carbonyl (C=O) groups is 2. The third kappa shape index (κ3) is 5.70. The normalized spacial score (nSPS) is 19.5. The van der Waals surface area contributed by atoms with Crippen molar-refractivity contribution in [2.24, 2.45) is 5.92 Å². The molecule has 158 valence electrons. The summed E-state index contributed by atoms with van der Waals surface area (Å²) in [6.45, 7) is 4.87. The molecule has 1 aliphatic rings. The van der Waals surface area contributed by atoms with Crippen LogP contribution in [-0.4, -0.2) is 59.3 Å². The number of nitriles is 1. The van der Waals surface area contributed by atoms with Crippen LogP contribution in [0, 0.1) is 17.2 Å². The molecule has 1 heterocycles. The molecule has 29 heavy (non-hydrogen) atoms. The number of phenols is 1. The zero-order valence-electron chi connectivity index (χ0n) is 16.9. The molecule has 0 aliphatic carbocycles. The van der Waals surface area contributed by atoms with E-state index in [4.69, 9.17) is 9.47 Å². The first-order valence-corrected chi connectivity index (χ1v) is 10.5. The molecule has 0 spiro atoms. The molecule has 0 bridgehead atoms. The summed E-state index contributed by atoms with van der Waals surface area (Å²) in [5.74, 6) is -0.964. The van der Waals surface area contributed by atoms with Crippen molar-refractivity contribution in [3.8, 4) is 17.6 Å². The Bertz CT molecular complexity index is 767. The highest BCUT2D eigenvalue weighted by Gasteiger charge is 2.41. The zero-order chi connectivity index (χ0) is 21.4. The molecule has 1 aromatic carbocycles. The fourth-order valence-electron chi connectivity index (χ4n) is 3.18. The molecule has 1 fully saturated rings. The quantitative estimate of drug-likeness (QED) is 0.555. The van der Waals surface area contributed by atoms with Gasteiger partial charge in [-0.15, -0.1) is 11.8 Å². The molecule has 1 aliphatic heterocycles. The van der Waals surface area contributed by atoms with Crippen LogP contribution in [0.3, 0.4) is 0 Å². The number of carbonyl (C=O) groups excluding carboxylic acids is 2. The first-order valence-electron chi connectivity index (χ1n) is 9.58. The molecule has 2 rings (SSSR count). The van der Waals surface area contributed by atoms with Gasteiger partial charge >= 0.3 is 5.97 Å². The van der Waals surface area contributed by atoms with E-state index >= 15 is 0 Å². The van der Waals surface area contributed by atoms with Gasteiger partial charge < -0.3 is 24.8 Å². The van der Waals surface area contributed by atoms with E-state index in [1.165, 1.54) is 18.9 Å². The number of methoxy groups -OCH3 is 1. The average Bonchev–Trinajstić information content (AvgIpc) is 3.00. The molecule has 8 nitrogen and oxygen atoms in total. The number of ether oxygens (including phenoxy) is 2. The zero-order valence-corrected chi connectivity index (χ0v) is 17.7. The number of amides is 1. The van der Waals surface area contributed by atoms with Gasteiger partial charge in [-0.2, -0.15) is 5.26 Å². The van der Waals surface area contributed by atoms with E-state index in [1.54, 1.807) is 30.0 Å². The van der Waals surface area contributed by atoms with Gasteiger partial charge in [-0.3, -0.25) is 9.59 Å². The van der Waals surface area contributed by atoms with Crippen molar-refractivity contribution in [1.29, 1.82) is 5.26 Å². The second-order valence-electron chi connectivity index (χ2n) is 6.48. The predicted octanol–water partition coefficient (Wildman–Crippen LogP) is 2.59. The largest absolute Gasteiger partial charge is 0.504 e. The summed E-state index contributed by atoms with van der Waals surface area (Å²) >= 11 is 1.48. The summed E-state index contributed by atoms with van der Waals surface area (Å²) in [6, 6.07) is 7.02. The third-order valence-corrected chi connectivity index (χ3v) is 6.17. The summed E-state index contributed by atoms with van der Waals surface area (Å²) < 4.78 is 9.98. The fourth-order valence-corrected chi connectivity index (χ4v) is 4.76. The molecule has 1 amide bonds. The molecule has 3 atom stereocenters. The average molecular weight is 422 g/mol. The Morgan fingerprint density at radius 3 is 2.79 bits per heavy atom. The van der Waals surface area contributed by atoms with Gasteiger partial charge in [0.15, 0.2) is 11.5 Å². The van der Waals surface area contributed by atoms with Crippen molar-refractivity contribution in [2.45, 2.75) is 37.3 Å². The number of phenolic OH excluding ortho intramolecular Hbond substituents is 1. The summed E-state index contributed by atoms with van der Waals surface area (Å²) in [5.41, 5.74) is 0.731. The second kappa shape index (κ2) is 10.8. The van der Waals surface area contributed by atoms with Gasteiger partial charge in [-0.05, 0) is 32.4 Å². The Balaban J connectivity index is 1.93. The van der Waals surface area contributed by atoms with Crippen LogP contribution in [0.4, 0.5) is 5.69 Å². The summed E-state index contributed by atoms with van der Waals surface area (Å²) in [5, 5.41) is 21.9. The van der Waals surface area contributed by atoms with Crippen LogP contribution < -0.4 is 10.1 Å². The minimum absolute atomic E-state index is 0.0161. The van der Waals surface area contributed by atoms with Crippen molar-refractivity contribution in [1.82, 2.24) is 4.90 Å². The number of anilines is 1. The minimum atomic E-state index is -0.881. The lowest BCUT2D eigenvalue weighted by Gasteiger charge is -2.23. The maximum absolute atomic E-state index is 12.7. The highest BCUT2D eigenvalue weighted by molar-refractivity contribution is 8.01. The molecule has 1 aromatic rings. The predicted molar refractivity (Wildman–Crippen MR) is 111 cm³/mol. The van der Waals surface area contributed by atoms with E-state index in [0.717, 1.165) is 5.69 Å². The number of esters is 1. The Kier molecular flexibility index (Phi) is 8.46. The van der Waals surface area contributed by atoms with E-state index in [0.29, 0.717) is 25.3 Å². The monoisotopic (exact) mass is 421 g/mol. The highest BCUT2D eigenvalue weighted by atomic mass is 32.2. The van der Waals surface area contributed by atoms with Gasteiger partial charge in [0.25, 0.3) is 0 Å². The number of nitrogens with zero attached hydrogens (tertiary/aromatic N) is 2. The number of thioether (sulfide) groups is 1. The van der Waals surface area contributed by atoms with Crippen molar-refractivity contribution >= 4 is 29.3 Å². The molecular formula is C20H27N3O5S. The molecule has 3 unspecified atom stereocenters. The maximum atomic E-state index is 12.7. The van der Waals surface area contributed by atoms with Gasteiger partial charge in [-0.25, -0.2) is 0 Å². The van der Waals surface area contributed by atoms with Crippen molar-refractivity contribution in [3.05, 3.63) is 18.2 Å². The van der Waals surface area contributed by atoms with Crippen LogP contribution in [0.1, 0.15) is 26.7 Å². The van der Waals surface area contributed by atoms with Crippen LogP contribution >= 0.6 is 11.8 Å². The number of aromatic hydroxyl groups is 1. The van der Waals surface area contributed by atoms with E-state index in [9.17, 15) is 20.0 Å². The first-order chi connectivity index (χ1) is 13.9. The number of hydrogen-bond acceptors (Lipinski definition) is 8. The third-order valence-electron chi connectivity index (χ3n) is 4.65. The molecule has 2 N–H and O–H groups in total. The van der Waals surface area contributed by atoms with Gasteiger partial charge in [0.05, 0.1) is 30.4 Å². The van der Waals surface area contributed by atoms with Crippen molar-refractivity contribution in [3.63, 3.8) is 0 Å². The van der Waals surface area contributed by atoms with Crippen LogP contribution in [0.15, 0.2) is 18.2 Å².